The third-order valence-corrected chi connectivity index (χ3v) is 10.8. The van der Waals surface area contributed by atoms with Gasteiger partial charge in [0.25, 0.3) is 0 Å². The number of benzene rings is 9. The quantitative estimate of drug-likeness (QED) is 0.161. The van der Waals surface area contributed by atoms with E-state index in [1.165, 1.54) is 0 Å². The predicted molar refractivity (Wildman–Crippen MR) is 244 cm³/mol. The Bertz CT molecular complexity index is 4000. The van der Waals surface area contributed by atoms with Crippen LogP contribution in [0, 0.1) is 0 Å². The van der Waals surface area contributed by atoms with E-state index >= 15 is 0 Å². The fraction of sp³-hybridized carbons (Fsp3) is 0.0175. The summed E-state index contributed by atoms with van der Waals surface area (Å²) in [6, 6.07) is 25.1. The lowest BCUT2D eigenvalue weighted by Gasteiger charge is -2.34. The van der Waals surface area contributed by atoms with Crippen molar-refractivity contribution < 1.29 is 23.3 Å². The van der Waals surface area contributed by atoms with Crippen molar-refractivity contribution in [1.82, 2.24) is 9.97 Å². The van der Waals surface area contributed by atoms with Gasteiger partial charge in [0.1, 0.15) is 0 Å². The van der Waals surface area contributed by atoms with E-state index in [2.05, 4.69) is 0 Å². The summed E-state index contributed by atoms with van der Waals surface area (Å²) in [4.78, 5) is 10.1. The highest BCUT2D eigenvalue weighted by atomic mass is 14.9. The Labute approximate surface area is 368 Å². The molecule has 0 bridgehead atoms. The van der Waals surface area contributed by atoms with Gasteiger partial charge in [0.15, 0.2) is 5.82 Å². The maximum absolute atomic E-state index is 10.4. The van der Waals surface area contributed by atoms with Crippen LogP contribution >= 0.6 is 0 Å². The third kappa shape index (κ3) is 5.80. The number of aromatic nitrogens is 2. The van der Waals surface area contributed by atoms with E-state index in [1.54, 1.807) is 30.3 Å². The lowest BCUT2D eigenvalue weighted by atomic mass is 9.67. The summed E-state index contributed by atoms with van der Waals surface area (Å²) in [5.74, 6) is 0.429. The minimum atomic E-state index is -2.92. The van der Waals surface area contributed by atoms with E-state index in [4.69, 9.17) is 20.9 Å². The van der Waals surface area contributed by atoms with Gasteiger partial charge in [-0.15, -0.1) is 0 Å². The normalized spacial score (nSPS) is 16.6. The Morgan fingerprint density at radius 2 is 0.881 bits per heavy atom. The number of hydrogen-bond acceptors (Lipinski definition) is 2. The fourth-order valence-electron chi connectivity index (χ4n) is 8.07. The summed E-state index contributed by atoms with van der Waals surface area (Å²) in [6.07, 6.45) is 0. The third-order valence-electron chi connectivity index (χ3n) is 10.8. The van der Waals surface area contributed by atoms with Crippen molar-refractivity contribution in [2.75, 3.05) is 0 Å². The van der Waals surface area contributed by atoms with Gasteiger partial charge < -0.3 is 0 Å². The molecule has 1 aromatic heterocycles. The number of rotatable bonds is 7. The Morgan fingerprint density at radius 1 is 0.356 bits per heavy atom. The van der Waals surface area contributed by atoms with Gasteiger partial charge in [-0.1, -0.05) is 218 Å². The molecule has 0 saturated carbocycles. The fourth-order valence-corrected chi connectivity index (χ4v) is 8.07. The van der Waals surface area contributed by atoms with Crippen LogP contribution in [-0.4, -0.2) is 9.97 Å². The molecule has 9 aromatic carbocycles. The smallest absolute Gasteiger partial charge is 0.160 e. The molecule has 0 N–H and O–H groups in total. The number of hydrogen-bond donors (Lipinski definition) is 0. The maximum atomic E-state index is 10.4. The second-order valence-corrected chi connectivity index (χ2v) is 14.0. The van der Waals surface area contributed by atoms with E-state index in [0.29, 0.717) is 33.5 Å². The van der Waals surface area contributed by atoms with Crippen LogP contribution in [0.15, 0.2) is 230 Å². The monoisotopic (exact) mass is 767 g/mol. The Hall–Kier alpha value is -7.68. The molecule has 0 spiro atoms. The van der Waals surface area contributed by atoms with Gasteiger partial charge in [0.05, 0.1) is 40.1 Å². The lowest BCUT2D eigenvalue weighted by molar-refractivity contribution is 0.769. The molecule has 0 aliphatic heterocycles. The summed E-state index contributed by atoms with van der Waals surface area (Å²) >= 11 is 0. The SMILES string of the molecule is [2H]c1c([2H])c([2H])c(C2(c3c([2H])c([2H])c([2H])c([2H])c3[2H])c3c([2H])c([2H])c([2H])c([2H])c3-c3c([2H])c([2H])c(-c4ccc(-c5cc(-c6ccc(-c7ccccc7)cc6)nc(-c6ccccc6)n5)c5ccccc45)c([2H])c32)c([2H])c1[2H]. The summed E-state index contributed by atoms with van der Waals surface area (Å²) in [5, 5.41) is 1.00. The van der Waals surface area contributed by atoms with Crippen LogP contribution < -0.4 is 0 Å². The van der Waals surface area contributed by atoms with E-state index in [-0.39, 0.29) is 11.1 Å². The first-order valence-corrected chi connectivity index (χ1v) is 18.9. The summed E-state index contributed by atoms with van der Waals surface area (Å²) in [6.45, 7) is 0. The molecule has 0 saturated heterocycles. The molecule has 0 atom stereocenters. The van der Waals surface area contributed by atoms with Crippen molar-refractivity contribution in [3.63, 3.8) is 0 Å². The van der Waals surface area contributed by atoms with Crippen molar-refractivity contribution in [2.24, 2.45) is 0 Å². The van der Waals surface area contributed by atoms with Crippen molar-refractivity contribution in [3.8, 4) is 67.3 Å². The van der Waals surface area contributed by atoms with Crippen LogP contribution in [-0.2, 0) is 5.41 Å². The van der Waals surface area contributed by atoms with E-state index in [9.17, 15) is 12.3 Å². The zero-order valence-electron chi connectivity index (χ0n) is 48.0. The van der Waals surface area contributed by atoms with Crippen LogP contribution in [0.2, 0.25) is 0 Å². The molecule has 2 heteroatoms. The Kier molecular flexibility index (Phi) is 5.16. The molecule has 11 rings (SSSR count). The average Bonchev–Trinajstić information content (AvgIpc) is 3.79. The highest BCUT2D eigenvalue weighted by molar-refractivity contribution is 6.05. The zero-order chi connectivity index (χ0) is 54.0. The van der Waals surface area contributed by atoms with Gasteiger partial charge >= 0.3 is 0 Å². The molecule has 59 heavy (non-hydrogen) atoms. The first-order chi connectivity index (χ1) is 36.3. The molecular formula is C57H38N2. The van der Waals surface area contributed by atoms with Crippen molar-refractivity contribution in [3.05, 3.63) is 252 Å². The summed E-state index contributed by atoms with van der Waals surface area (Å²) in [5.41, 5.74) is -1.36. The molecule has 276 valence electrons. The minimum absolute atomic E-state index is 0.186. The first-order valence-electron chi connectivity index (χ1n) is 27.4. The maximum Gasteiger partial charge on any atom is 0.160 e. The molecule has 0 radical (unpaired) electrons. The van der Waals surface area contributed by atoms with Crippen molar-refractivity contribution in [2.45, 2.75) is 5.41 Å². The van der Waals surface area contributed by atoms with Gasteiger partial charge in [-0.3, -0.25) is 0 Å². The van der Waals surface area contributed by atoms with Crippen molar-refractivity contribution in [1.29, 1.82) is 0 Å². The molecular weight excluding hydrogens is 713 g/mol. The molecule has 2 nitrogen and oxygen atoms in total. The highest BCUT2D eigenvalue weighted by Crippen LogP contribution is 2.57. The zero-order valence-corrected chi connectivity index (χ0v) is 31.0. The van der Waals surface area contributed by atoms with E-state index in [0.717, 1.165) is 22.3 Å². The highest BCUT2D eigenvalue weighted by Gasteiger charge is 2.46. The Balaban J connectivity index is 1.24. The molecule has 0 fully saturated rings. The van der Waals surface area contributed by atoms with Crippen LogP contribution in [0.4, 0.5) is 0 Å². The molecule has 1 heterocycles. The average molecular weight is 768 g/mol. The predicted octanol–water partition coefficient (Wildman–Crippen LogP) is 14.3. The topological polar surface area (TPSA) is 25.8 Å². The first kappa shape index (κ1) is 21.2. The molecule has 10 aromatic rings. The minimum Gasteiger partial charge on any atom is -0.228 e. The van der Waals surface area contributed by atoms with Crippen LogP contribution in [0.25, 0.3) is 78.1 Å². The van der Waals surface area contributed by atoms with Gasteiger partial charge in [0, 0.05) is 16.7 Å². The second kappa shape index (κ2) is 14.4. The van der Waals surface area contributed by atoms with Gasteiger partial charge in [0.2, 0.25) is 0 Å². The molecule has 1 aliphatic carbocycles. The lowest BCUT2D eigenvalue weighted by Crippen LogP contribution is -2.28. The largest absolute Gasteiger partial charge is 0.228 e. The Morgan fingerprint density at radius 3 is 1.58 bits per heavy atom. The molecule has 1 aliphatic rings. The van der Waals surface area contributed by atoms with Crippen LogP contribution in [0.5, 0.6) is 0 Å². The van der Waals surface area contributed by atoms with Crippen molar-refractivity contribution >= 4 is 10.8 Å². The summed E-state index contributed by atoms with van der Waals surface area (Å²) in [7, 11) is 0. The van der Waals surface area contributed by atoms with E-state index < -0.39 is 142 Å². The van der Waals surface area contributed by atoms with Crippen LogP contribution in [0.3, 0.4) is 0 Å². The van der Waals surface area contributed by atoms with E-state index in [1.807, 2.05) is 97.1 Å². The molecule has 0 amide bonds. The number of fused-ring (bicyclic) bond motifs is 4. The number of nitrogens with zero attached hydrogens (tertiary/aromatic N) is 2. The summed E-state index contributed by atoms with van der Waals surface area (Å²) < 4.78 is 157. The van der Waals surface area contributed by atoms with Gasteiger partial charge in [-0.05, 0) is 78.5 Å². The standard InChI is InChI=1S/C57H38N2/c1-5-17-39(18-6-1)40-29-31-41(32-30-40)54-38-55(59-56(58-54)42-19-7-2-8-20-42)51-36-35-46(47-25-13-14-26-48(47)51)43-33-34-50-49-27-15-16-28-52(49)57(53(50)37-43,44-21-9-3-10-22-44)45-23-11-4-12-24-45/h1-38H/i3D,4D,9D,10D,11D,12D,15D,16D,21D,22D,23D,24D,27D,28D,33D,34D,37D. The second-order valence-electron chi connectivity index (χ2n) is 14.0. The van der Waals surface area contributed by atoms with Crippen LogP contribution in [0.1, 0.15) is 45.6 Å². The molecule has 0 unspecified atom stereocenters. The van der Waals surface area contributed by atoms with Gasteiger partial charge in [-0.2, -0.15) is 0 Å². The van der Waals surface area contributed by atoms with Gasteiger partial charge in [-0.25, -0.2) is 9.97 Å².